The molecule has 1 aromatic heterocycles. The minimum atomic E-state index is 0.747. The maximum absolute atomic E-state index is 6.19. The lowest BCUT2D eigenvalue weighted by molar-refractivity contribution is 0.972. The quantitative estimate of drug-likeness (QED) is 0.723. The minimum Gasteiger partial charge on any atom is -0.398 e. The van der Waals surface area contributed by atoms with Gasteiger partial charge < -0.3 is 5.73 Å². The zero-order valence-electron chi connectivity index (χ0n) is 11.5. The Morgan fingerprint density at radius 2 is 1.65 bits per heavy atom. The van der Waals surface area contributed by atoms with Crippen LogP contribution in [0.2, 0.25) is 0 Å². The molecule has 2 aromatic carbocycles. The maximum atomic E-state index is 6.19. The maximum Gasteiger partial charge on any atom is 0.170 e. The van der Waals surface area contributed by atoms with Gasteiger partial charge in [0.2, 0.25) is 0 Å². The Labute approximate surface area is 117 Å². The number of nitrogen functional groups attached to an aromatic ring is 1. The van der Waals surface area contributed by atoms with E-state index < -0.39 is 0 Å². The van der Waals surface area contributed by atoms with Crippen LogP contribution in [-0.2, 0) is 0 Å². The van der Waals surface area contributed by atoms with Crippen molar-refractivity contribution in [3.05, 3.63) is 59.9 Å². The molecule has 20 heavy (non-hydrogen) atoms. The highest BCUT2D eigenvalue weighted by atomic mass is 15.3. The average molecular weight is 264 g/mol. The second kappa shape index (κ2) is 4.81. The van der Waals surface area contributed by atoms with Crippen LogP contribution in [0.1, 0.15) is 11.4 Å². The van der Waals surface area contributed by atoms with Crippen molar-refractivity contribution in [2.75, 3.05) is 5.73 Å². The summed E-state index contributed by atoms with van der Waals surface area (Å²) in [5, 5.41) is 8.49. The van der Waals surface area contributed by atoms with Crippen molar-refractivity contribution in [2.45, 2.75) is 13.8 Å². The van der Waals surface area contributed by atoms with E-state index >= 15 is 0 Å². The zero-order chi connectivity index (χ0) is 14.1. The molecule has 0 atom stereocenters. The number of anilines is 1. The molecule has 100 valence electrons. The smallest absolute Gasteiger partial charge is 0.170 e. The molecule has 4 nitrogen and oxygen atoms in total. The Balaban J connectivity index is 2.24. The molecular weight excluding hydrogens is 248 g/mol. The molecule has 1 heterocycles. The molecule has 0 saturated heterocycles. The molecule has 4 heteroatoms. The fourth-order valence-electron chi connectivity index (χ4n) is 2.30. The third kappa shape index (κ3) is 1.95. The van der Waals surface area contributed by atoms with Crippen molar-refractivity contribution in [3.8, 4) is 17.1 Å². The molecule has 0 fully saturated rings. The van der Waals surface area contributed by atoms with E-state index in [0.29, 0.717) is 0 Å². The first-order valence-electron chi connectivity index (χ1n) is 6.51. The molecule has 0 aliphatic rings. The van der Waals surface area contributed by atoms with Crippen LogP contribution < -0.4 is 5.73 Å². The predicted molar refractivity (Wildman–Crippen MR) is 80.7 cm³/mol. The first-order chi connectivity index (χ1) is 9.68. The topological polar surface area (TPSA) is 56.7 Å². The molecule has 0 saturated carbocycles. The highest BCUT2D eigenvalue weighted by molar-refractivity contribution is 5.75. The van der Waals surface area contributed by atoms with Crippen molar-refractivity contribution in [1.82, 2.24) is 14.8 Å². The van der Waals surface area contributed by atoms with E-state index in [-0.39, 0.29) is 0 Å². The van der Waals surface area contributed by atoms with E-state index in [1.807, 2.05) is 66.9 Å². The van der Waals surface area contributed by atoms with Gasteiger partial charge in [-0.1, -0.05) is 30.3 Å². The third-order valence-electron chi connectivity index (χ3n) is 3.40. The molecule has 2 N–H and O–H groups in total. The summed E-state index contributed by atoms with van der Waals surface area (Å²) in [5.41, 5.74) is 9.93. The number of rotatable bonds is 2. The SMILES string of the molecule is Cc1cccc(-c2nnc(C)n2-c2ccccc2)c1N. The largest absolute Gasteiger partial charge is 0.398 e. The number of aromatic nitrogens is 3. The van der Waals surface area contributed by atoms with Gasteiger partial charge in [-0.2, -0.15) is 0 Å². The molecule has 0 aliphatic heterocycles. The second-order valence-electron chi connectivity index (χ2n) is 4.78. The number of hydrogen-bond donors (Lipinski definition) is 1. The van der Waals surface area contributed by atoms with Crippen LogP contribution in [-0.4, -0.2) is 14.8 Å². The number of nitrogens with zero attached hydrogens (tertiary/aromatic N) is 3. The first-order valence-corrected chi connectivity index (χ1v) is 6.51. The van der Waals surface area contributed by atoms with Gasteiger partial charge in [0.1, 0.15) is 5.82 Å². The summed E-state index contributed by atoms with van der Waals surface area (Å²) in [5.74, 6) is 1.61. The summed E-state index contributed by atoms with van der Waals surface area (Å²) < 4.78 is 2.02. The number of benzene rings is 2. The number of hydrogen-bond acceptors (Lipinski definition) is 3. The molecule has 0 bridgehead atoms. The van der Waals surface area contributed by atoms with Crippen molar-refractivity contribution < 1.29 is 0 Å². The number of nitrogens with two attached hydrogens (primary N) is 1. The molecule has 0 aliphatic carbocycles. The van der Waals surface area contributed by atoms with Crippen molar-refractivity contribution in [2.24, 2.45) is 0 Å². The summed E-state index contributed by atoms with van der Waals surface area (Å²) >= 11 is 0. The molecule has 0 spiro atoms. The molecule has 0 unspecified atom stereocenters. The monoisotopic (exact) mass is 264 g/mol. The van der Waals surface area contributed by atoms with E-state index in [2.05, 4.69) is 10.2 Å². The fraction of sp³-hybridized carbons (Fsp3) is 0.125. The average Bonchev–Trinajstić information content (AvgIpc) is 2.84. The Kier molecular flexibility index (Phi) is 2.99. The van der Waals surface area contributed by atoms with Crippen LogP contribution in [0.4, 0.5) is 5.69 Å². The van der Waals surface area contributed by atoms with Gasteiger partial charge in [-0.3, -0.25) is 4.57 Å². The Morgan fingerprint density at radius 1 is 0.900 bits per heavy atom. The Hall–Kier alpha value is -2.62. The normalized spacial score (nSPS) is 10.7. The summed E-state index contributed by atoms with van der Waals surface area (Å²) in [6.45, 7) is 3.93. The van der Waals surface area contributed by atoms with Gasteiger partial charge in [0, 0.05) is 16.9 Å². The van der Waals surface area contributed by atoms with Gasteiger partial charge in [-0.05, 0) is 37.6 Å². The number of aryl methyl sites for hydroxylation is 2. The van der Waals surface area contributed by atoms with Crippen LogP contribution >= 0.6 is 0 Å². The Bertz CT molecular complexity index is 744. The third-order valence-corrected chi connectivity index (χ3v) is 3.40. The van der Waals surface area contributed by atoms with E-state index in [9.17, 15) is 0 Å². The van der Waals surface area contributed by atoms with Crippen molar-refractivity contribution >= 4 is 5.69 Å². The molecular formula is C16H16N4. The first kappa shape index (κ1) is 12.4. The van der Waals surface area contributed by atoms with E-state index in [4.69, 9.17) is 5.73 Å². The van der Waals surface area contributed by atoms with E-state index in [1.165, 1.54) is 0 Å². The lowest BCUT2D eigenvalue weighted by atomic mass is 10.1. The molecule has 0 amide bonds. The van der Waals surface area contributed by atoms with Gasteiger partial charge in [-0.15, -0.1) is 10.2 Å². The summed E-state index contributed by atoms with van der Waals surface area (Å²) in [6.07, 6.45) is 0. The lowest BCUT2D eigenvalue weighted by Crippen LogP contribution is -2.02. The summed E-state index contributed by atoms with van der Waals surface area (Å²) in [4.78, 5) is 0. The van der Waals surface area contributed by atoms with Crippen LogP contribution in [0.25, 0.3) is 17.1 Å². The van der Waals surface area contributed by atoms with Crippen molar-refractivity contribution in [1.29, 1.82) is 0 Å². The lowest BCUT2D eigenvalue weighted by Gasteiger charge is -2.11. The van der Waals surface area contributed by atoms with Crippen molar-refractivity contribution in [3.63, 3.8) is 0 Å². The van der Waals surface area contributed by atoms with E-state index in [0.717, 1.165) is 34.2 Å². The fourth-order valence-corrected chi connectivity index (χ4v) is 2.30. The van der Waals surface area contributed by atoms with Gasteiger partial charge >= 0.3 is 0 Å². The van der Waals surface area contributed by atoms with Crippen LogP contribution in [0, 0.1) is 13.8 Å². The molecule has 3 aromatic rings. The van der Waals surface area contributed by atoms with Crippen LogP contribution in [0.5, 0.6) is 0 Å². The molecule has 3 rings (SSSR count). The summed E-state index contributed by atoms with van der Waals surface area (Å²) in [7, 11) is 0. The highest BCUT2D eigenvalue weighted by Gasteiger charge is 2.15. The predicted octanol–water partition coefficient (Wildman–Crippen LogP) is 3.13. The van der Waals surface area contributed by atoms with Gasteiger partial charge in [0.25, 0.3) is 0 Å². The second-order valence-corrected chi connectivity index (χ2v) is 4.78. The van der Waals surface area contributed by atoms with Gasteiger partial charge in [0.15, 0.2) is 5.82 Å². The van der Waals surface area contributed by atoms with Gasteiger partial charge in [-0.25, -0.2) is 0 Å². The van der Waals surface area contributed by atoms with E-state index in [1.54, 1.807) is 0 Å². The Morgan fingerprint density at radius 3 is 2.40 bits per heavy atom. The summed E-state index contributed by atoms with van der Waals surface area (Å²) in [6, 6.07) is 16.0. The highest BCUT2D eigenvalue weighted by Crippen LogP contribution is 2.29. The zero-order valence-corrected chi connectivity index (χ0v) is 11.5. The molecule has 0 radical (unpaired) electrons. The number of para-hydroxylation sites is 2. The minimum absolute atomic E-state index is 0.747. The van der Waals surface area contributed by atoms with Crippen LogP contribution in [0.3, 0.4) is 0 Å². The van der Waals surface area contributed by atoms with Gasteiger partial charge in [0.05, 0.1) is 0 Å². The standard InChI is InChI=1S/C16H16N4/c1-11-7-6-10-14(15(11)17)16-19-18-12(2)20(16)13-8-4-3-5-9-13/h3-10H,17H2,1-2H3. The van der Waals surface area contributed by atoms with Crippen LogP contribution in [0.15, 0.2) is 48.5 Å².